The fraction of sp³-hybridized carbons (Fsp3) is 0.333. The molecule has 1 aromatic heterocycles. The predicted molar refractivity (Wildman–Crippen MR) is 109 cm³/mol. The van der Waals surface area contributed by atoms with Gasteiger partial charge in [0.2, 0.25) is 5.91 Å². The maximum absolute atomic E-state index is 12.2. The smallest absolute Gasteiger partial charge is 0.225 e. The zero-order chi connectivity index (χ0) is 19.1. The summed E-state index contributed by atoms with van der Waals surface area (Å²) in [6.07, 6.45) is 2.05. The van der Waals surface area contributed by atoms with E-state index >= 15 is 0 Å². The van der Waals surface area contributed by atoms with Crippen LogP contribution in [-0.4, -0.2) is 27.4 Å². The Morgan fingerprint density at radius 1 is 1.22 bits per heavy atom. The topological polar surface area (TPSA) is 38.1 Å². The third-order valence-electron chi connectivity index (χ3n) is 5.06. The van der Waals surface area contributed by atoms with Crippen molar-refractivity contribution in [1.29, 1.82) is 0 Å². The van der Waals surface area contributed by atoms with Crippen LogP contribution < -0.4 is 0 Å². The van der Waals surface area contributed by atoms with Crippen molar-refractivity contribution in [3.8, 4) is 0 Å². The van der Waals surface area contributed by atoms with Gasteiger partial charge in [-0.05, 0) is 61.2 Å². The quantitative estimate of drug-likeness (QED) is 0.598. The first-order valence-electron chi connectivity index (χ1n) is 9.07. The minimum Gasteiger partial charge on any atom is -0.341 e. The lowest BCUT2D eigenvalue weighted by atomic mass is 10.1. The van der Waals surface area contributed by atoms with Crippen molar-refractivity contribution in [2.75, 3.05) is 7.05 Å². The molecule has 2 aromatic carbocycles. The van der Waals surface area contributed by atoms with Crippen LogP contribution in [0.2, 0.25) is 10.0 Å². The molecule has 1 fully saturated rings. The van der Waals surface area contributed by atoms with Gasteiger partial charge in [0.25, 0.3) is 0 Å². The van der Waals surface area contributed by atoms with Crippen molar-refractivity contribution < 1.29 is 4.79 Å². The second kappa shape index (κ2) is 7.17. The number of fused-ring (bicyclic) bond motifs is 1. The summed E-state index contributed by atoms with van der Waals surface area (Å²) in [5, 5.41) is 1.36. The van der Waals surface area contributed by atoms with Crippen LogP contribution in [0.25, 0.3) is 11.0 Å². The summed E-state index contributed by atoms with van der Waals surface area (Å²) in [5.41, 5.74) is 4.02. The largest absolute Gasteiger partial charge is 0.341 e. The predicted octanol–water partition coefficient (Wildman–Crippen LogP) is 5.07. The van der Waals surface area contributed by atoms with Crippen molar-refractivity contribution in [3.05, 3.63) is 63.4 Å². The molecule has 4 nitrogen and oxygen atoms in total. The lowest BCUT2D eigenvalue weighted by Gasteiger charge is -2.17. The van der Waals surface area contributed by atoms with E-state index in [9.17, 15) is 4.79 Å². The molecule has 6 heteroatoms. The first-order chi connectivity index (χ1) is 12.9. The van der Waals surface area contributed by atoms with Crippen molar-refractivity contribution in [2.24, 2.45) is 5.92 Å². The average molecular weight is 402 g/mol. The molecular formula is C21H21Cl2N3O. The number of halogens is 2. The van der Waals surface area contributed by atoms with E-state index in [0.717, 1.165) is 40.8 Å². The highest BCUT2D eigenvalue weighted by atomic mass is 35.5. The van der Waals surface area contributed by atoms with Gasteiger partial charge in [-0.15, -0.1) is 0 Å². The second-order valence-electron chi connectivity index (χ2n) is 7.27. The highest BCUT2D eigenvalue weighted by Gasteiger charge is 2.31. The van der Waals surface area contributed by atoms with Crippen LogP contribution in [0.15, 0.2) is 36.4 Å². The Morgan fingerprint density at radius 2 is 2.00 bits per heavy atom. The van der Waals surface area contributed by atoms with Gasteiger partial charge in [-0.1, -0.05) is 29.3 Å². The van der Waals surface area contributed by atoms with Crippen molar-refractivity contribution in [2.45, 2.75) is 32.9 Å². The second-order valence-corrected chi connectivity index (χ2v) is 8.12. The zero-order valence-corrected chi connectivity index (χ0v) is 16.9. The van der Waals surface area contributed by atoms with E-state index in [1.165, 1.54) is 0 Å². The average Bonchev–Trinajstić information content (AvgIpc) is 3.43. The number of carbonyl (C=O) groups excluding carboxylic acids is 1. The van der Waals surface area contributed by atoms with Crippen LogP contribution in [0.3, 0.4) is 0 Å². The maximum atomic E-state index is 12.2. The van der Waals surface area contributed by atoms with E-state index in [0.29, 0.717) is 23.1 Å². The van der Waals surface area contributed by atoms with Crippen molar-refractivity contribution >= 4 is 40.1 Å². The Morgan fingerprint density at radius 3 is 2.74 bits per heavy atom. The van der Waals surface area contributed by atoms with E-state index in [1.54, 1.807) is 6.07 Å². The number of rotatable bonds is 5. The minimum atomic E-state index is 0.239. The number of carbonyl (C=O) groups is 1. The molecule has 1 aliphatic carbocycles. The summed E-state index contributed by atoms with van der Waals surface area (Å²) in [5.74, 6) is 1.40. The van der Waals surface area contributed by atoms with Gasteiger partial charge in [-0.2, -0.15) is 0 Å². The molecule has 1 heterocycles. The SMILES string of the molecule is Cc1nc2cc(CN(C)C(=O)C3CC3)ccc2n1Cc1cc(Cl)ccc1Cl. The van der Waals surface area contributed by atoms with Crippen molar-refractivity contribution in [1.82, 2.24) is 14.5 Å². The van der Waals surface area contributed by atoms with E-state index in [1.807, 2.05) is 31.0 Å². The monoisotopic (exact) mass is 401 g/mol. The molecule has 1 saturated carbocycles. The highest BCUT2D eigenvalue weighted by Crippen LogP contribution is 2.31. The number of hydrogen-bond acceptors (Lipinski definition) is 2. The summed E-state index contributed by atoms with van der Waals surface area (Å²) < 4.78 is 2.13. The number of imidazole rings is 1. The molecule has 27 heavy (non-hydrogen) atoms. The summed E-state index contributed by atoms with van der Waals surface area (Å²) in [6.45, 7) is 3.21. The summed E-state index contributed by atoms with van der Waals surface area (Å²) in [6, 6.07) is 11.7. The lowest BCUT2D eigenvalue weighted by molar-refractivity contribution is -0.131. The van der Waals surface area contributed by atoms with Crippen LogP contribution >= 0.6 is 23.2 Å². The van der Waals surface area contributed by atoms with Crippen LogP contribution in [0.1, 0.15) is 29.8 Å². The maximum Gasteiger partial charge on any atom is 0.225 e. The van der Waals surface area contributed by atoms with E-state index in [2.05, 4.69) is 22.8 Å². The molecule has 0 aliphatic heterocycles. The first-order valence-corrected chi connectivity index (χ1v) is 9.82. The standard InChI is InChI=1S/C21H21Cl2N3O/c1-13-24-19-9-14(11-25(2)21(27)15-4-5-15)3-8-20(19)26(13)12-16-10-17(22)6-7-18(16)23/h3,6-10,15H,4-5,11-12H2,1-2H3. The molecule has 0 bridgehead atoms. The third-order valence-corrected chi connectivity index (χ3v) is 5.67. The molecule has 0 atom stereocenters. The summed E-state index contributed by atoms with van der Waals surface area (Å²) in [7, 11) is 1.87. The number of amides is 1. The fourth-order valence-corrected chi connectivity index (χ4v) is 3.79. The number of aryl methyl sites for hydroxylation is 1. The van der Waals surface area contributed by atoms with E-state index in [4.69, 9.17) is 28.2 Å². The Balaban J connectivity index is 1.60. The van der Waals surface area contributed by atoms with Crippen LogP contribution in [-0.2, 0) is 17.9 Å². The van der Waals surface area contributed by atoms with Gasteiger partial charge in [0.1, 0.15) is 5.82 Å². The molecular weight excluding hydrogens is 381 g/mol. The molecule has 0 radical (unpaired) electrons. The van der Waals surface area contributed by atoms with Crippen LogP contribution in [0.5, 0.6) is 0 Å². The summed E-state index contributed by atoms with van der Waals surface area (Å²) >= 11 is 12.5. The minimum absolute atomic E-state index is 0.239. The third kappa shape index (κ3) is 3.83. The highest BCUT2D eigenvalue weighted by molar-refractivity contribution is 6.33. The van der Waals surface area contributed by atoms with Gasteiger partial charge in [-0.3, -0.25) is 4.79 Å². The molecule has 0 N–H and O–H groups in total. The number of hydrogen-bond donors (Lipinski definition) is 0. The van der Waals surface area contributed by atoms with Gasteiger partial charge >= 0.3 is 0 Å². The molecule has 3 aromatic rings. The molecule has 1 aliphatic rings. The van der Waals surface area contributed by atoms with Gasteiger partial charge in [-0.25, -0.2) is 4.98 Å². The normalized spacial score (nSPS) is 13.9. The summed E-state index contributed by atoms with van der Waals surface area (Å²) in [4.78, 5) is 18.7. The van der Waals surface area contributed by atoms with Gasteiger partial charge in [0.15, 0.2) is 0 Å². The molecule has 140 valence electrons. The Hall–Kier alpha value is -2.04. The molecule has 4 rings (SSSR count). The fourth-order valence-electron chi connectivity index (χ4n) is 3.42. The number of nitrogens with zero attached hydrogens (tertiary/aromatic N) is 3. The Kier molecular flexibility index (Phi) is 4.87. The van der Waals surface area contributed by atoms with Crippen LogP contribution in [0, 0.1) is 12.8 Å². The molecule has 0 spiro atoms. The lowest BCUT2D eigenvalue weighted by Crippen LogP contribution is -2.27. The van der Waals surface area contributed by atoms with Crippen molar-refractivity contribution in [3.63, 3.8) is 0 Å². The Labute approximate surface area is 168 Å². The molecule has 1 amide bonds. The van der Waals surface area contributed by atoms with Crippen LogP contribution in [0.4, 0.5) is 0 Å². The molecule has 0 saturated heterocycles. The van der Waals surface area contributed by atoms with E-state index < -0.39 is 0 Å². The Bertz CT molecular complexity index is 1020. The molecule has 0 unspecified atom stereocenters. The number of aromatic nitrogens is 2. The van der Waals surface area contributed by atoms with Gasteiger partial charge < -0.3 is 9.47 Å². The van der Waals surface area contributed by atoms with Gasteiger partial charge in [0.05, 0.1) is 17.6 Å². The van der Waals surface area contributed by atoms with Gasteiger partial charge in [0, 0.05) is 29.6 Å². The zero-order valence-electron chi connectivity index (χ0n) is 15.4. The first kappa shape index (κ1) is 18.3. The van der Waals surface area contributed by atoms with E-state index in [-0.39, 0.29) is 11.8 Å². The number of benzene rings is 2.